The third kappa shape index (κ3) is 4.65. The van der Waals surface area contributed by atoms with Crippen molar-refractivity contribution in [2.75, 3.05) is 13.4 Å². The molecule has 29 heavy (non-hydrogen) atoms. The number of rotatable bonds is 6. The monoisotopic (exact) mass is 430 g/mol. The van der Waals surface area contributed by atoms with Crippen molar-refractivity contribution in [2.45, 2.75) is 24.8 Å². The molecule has 3 aromatic rings. The Morgan fingerprint density at radius 1 is 1.28 bits per heavy atom. The van der Waals surface area contributed by atoms with Crippen molar-refractivity contribution in [1.29, 1.82) is 0 Å². The number of hydrogen-bond donors (Lipinski definition) is 0. The molecular formula is C21H22N2O4S2. The molecule has 0 spiro atoms. The Bertz CT molecular complexity index is 1270. The van der Waals surface area contributed by atoms with Crippen molar-refractivity contribution < 1.29 is 17.9 Å². The lowest BCUT2D eigenvalue weighted by Crippen LogP contribution is -2.17. The van der Waals surface area contributed by atoms with Crippen LogP contribution in [0.2, 0.25) is 0 Å². The Kier molecular flexibility index (Phi) is 6.04. The molecule has 0 aliphatic rings. The summed E-state index contributed by atoms with van der Waals surface area (Å²) in [6.07, 6.45) is 3.00. The van der Waals surface area contributed by atoms with Crippen LogP contribution in [0.25, 0.3) is 10.2 Å². The third-order valence-electron chi connectivity index (χ3n) is 4.39. The minimum Gasteiger partial charge on any atom is -0.496 e. The van der Waals surface area contributed by atoms with Gasteiger partial charge in [0.15, 0.2) is 14.6 Å². The first-order valence-electron chi connectivity index (χ1n) is 8.88. The number of thiazole rings is 1. The van der Waals surface area contributed by atoms with E-state index < -0.39 is 9.84 Å². The zero-order valence-corrected chi connectivity index (χ0v) is 18.1. The average Bonchev–Trinajstić information content (AvgIpc) is 2.98. The summed E-state index contributed by atoms with van der Waals surface area (Å²) in [4.78, 5) is 17.7. The van der Waals surface area contributed by atoms with Crippen LogP contribution < -0.4 is 9.54 Å². The molecule has 1 aromatic heterocycles. The summed E-state index contributed by atoms with van der Waals surface area (Å²) in [6, 6.07) is 10.6. The molecular weight excluding hydrogens is 408 g/mol. The molecule has 152 valence electrons. The predicted octanol–water partition coefficient (Wildman–Crippen LogP) is 3.28. The molecule has 6 nitrogen and oxygen atoms in total. The van der Waals surface area contributed by atoms with Crippen LogP contribution in [-0.4, -0.2) is 32.3 Å². The molecule has 0 N–H and O–H groups in total. The van der Waals surface area contributed by atoms with Crippen LogP contribution in [0.3, 0.4) is 0 Å². The second kappa shape index (κ2) is 8.34. The highest BCUT2D eigenvalue weighted by molar-refractivity contribution is 7.90. The molecule has 0 saturated carbocycles. The van der Waals surface area contributed by atoms with Crippen LogP contribution in [-0.2, 0) is 27.6 Å². The number of allylic oxidation sites excluding steroid dienone is 1. The summed E-state index contributed by atoms with van der Waals surface area (Å²) in [5.74, 6) is 0.342. The first kappa shape index (κ1) is 21.0. The van der Waals surface area contributed by atoms with E-state index in [9.17, 15) is 13.2 Å². The van der Waals surface area contributed by atoms with Crippen molar-refractivity contribution in [3.8, 4) is 5.75 Å². The Morgan fingerprint density at radius 2 is 2.03 bits per heavy atom. The van der Waals surface area contributed by atoms with Crippen molar-refractivity contribution in [1.82, 2.24) is 4.57 Å². The number of carbonyl (C=O) groups excluding carboxylic acids is 1. The maximum Gasteiger partial charge on any atom is 0.252 e. The highest BCUT2D eigenvalue weighted by atomic mass is 32.2. The Hall–Kier alpha value is -2.71. The molecule has 1 heterocycles. The Labute approximate surface area is 173 Å². The van der Waals surface area contributed by atoms with Gasteiger partial charge in [-0.1, -0.05) is 35.1 Å². The number of ether oxygens (including phenoxy) is 1. The Balaban J connectivity index is 2.06. The lowest BCUT2D eigenvalue weighted by molar-refractivity contribution is -0.117. The van der Waals surface area contributed by atoms with Gasteiger partial charge in [0.25, 0.3) is 5.91 Å². The molecule has 0 atom stereocenters. The molecule has 0 saturated heterocycles. The fraction of sp³-hybridized carbons (Fsp3) is 0.238. The molecule has 1 amide bonds. The number of nitrogens with zero attached hydrogens (tertiary/aromatic N) is 2. The topological polar surface area (TPSA) is 77.7 Å². The van der Waals surface area contributed by atoms with Gasteiger partial charge in [0, 0.05) is 18.4 Å². The number of sulfone groups is 1. The van der Waals surface area contributed by atoms with Gasteiger partial charge in [-0.15, -0.1) is 6.58 Å². The van der Waals surface area contributed by atoms with E-state index in [0.29, 0.717) is 17.1 Å². The normalized spacial score (nSPS) is 12.3. The van der Waals surface area contributed by atoms with Gasteiger partial charge in [-0.05, 0) is 31.2 Å². The molecule has 0 bridgehead atoms. The zero-order chi connectivity index (χ0) is 21.2. The lowest BCUT2D eigenvalue weighted by atomic mass is 10.1. The van der Waals surface area contributed by atoms with E-state index >= 15 is 0 Å². The van der Waals surface area contributed by atoms with Crippen LogP contribution in [0.15, 0.2) is 58.9 Å². The van der Waals surface area contributed by atoms with Gasteiger partial charge in [-0.25, -0.2) is 8.42 Å². The van der Waals surface area contributed by atoms with Gasteiger partial charge in [-0.2, -0.15) is 4.99 Å². The molecule has 0 radical (unpaired) electrons. The fourth-order valence-electron chi connectivity index (χ4n) is 3.03. The third-order valence-corrected chi connectivity index (χ3v) is 6.54. The van der Waals surface area contributed by atoms with Crippen LogP contribution in [0.1, 0.15) is 11.1 Å². The second-order valence-electron chi connectivity index (χ2n) is 6.68. The summed E-state index contributed by atoms with van der Waals surface area (Å²) in [5.41, 5.74) is 2.62. The smallest absolute Gasteiger partial charge is 0.252 e. The van der Waals surface area contributed by atoms with Crippen LogP contribution in [0.5, 0.6) is 5.75 Å². The van der Waals surface area contributed by atoms with Gasteiger partial charge in [0.2, 0.25) is 0 Å². The minimum atomic E-state index is -3.32. The second-order valence-corrected chi connectivity index (χ2v) is 9.71. The van der Waals surface area contributed by atoms with Crippen LogP contribution in [0.4, 0.5) is 0 Å². The average molecular weight is 431 g/mol. The van der Waals surface area contributed by atoms with E-state index in [1.807, 2.05) is 29.7 Å². The van der Waals surface area contributed by atoms with E-state index in [1.54, 1.807) is 31.4 Å². The number of benzene rings is 2. The zero-order valence-electron chi connectivity index (χ0n) is 16.5. The van der Waals surface area contributed by atoms with Gasteiger partial charge < -0.3 is 9.30 Å². The number of fused-ring (bicyclic) bond motifs is 1. The molecule has 0 unspecified atom stereocenters. The highest BCUT2D eigenvalue weighted by Gasteiger charge is 2.13. The Morgan fingerprint density at radius 3 is 2.69 bits per heavy atom. The van der Waals surface area contributed by atoms with Gasteiger partial charge in [0.1, 0.15) is 5.75 Å². The maximum atomic E-state index is 12.7. The van der Waals surface area contributed by atoms with Crippen molar-refractivity contribution >= 4 is 37.3 Å². The van der Waals surface area contributed by atoms with E-state index in [2.05, 4.69) is 11.6 Å². The van der Waals surface area contributed by atoms with E-state index in [0.717, 1.165) is 21.3 Å². The molecule has 8 heteroatoms. The predicted molar refractivity (Wildman–Crippen MR) is 115 cm³/mol. The SMILES string of the molecule is C=CCn1c(=NC(=O)Cc2cc(C)ccc2OC)sc2cc(S(C)(=O)=O)ccc21. The van der Waals surface area contributed by atoms with E-state index in [4.69, 9.17) is 4.74 Å². The first-order valence-corrected chi connectivity index (χ1v) is 11.6. The van der Waals surface area contributed by atoms with Crippen LogP contribution in [0, 0.1) is 6.92 Å². The summed E-state index contributed by atoms with van der Waals surface area (Å²) < 4.78 is 31.6. The molecule has 2 aromatic carbocycles. The summed E-state index contributed by atoms with van der Waals surface area (Å²) in [5, 5.41) is 0. The summed E-state index contributed by atoms with van der Waals surface area (Å²) in [6.45, 7) is 6.17. The fourth-order valence-corrected chi connectivity index (χ4v) is 4.85. The lowest BCUT2D eigenvalue weighted by Gasteiger charge is -2.07. The van der Waals surface area contributed by atoms with Crippen LogP contribution >= 0.6 is 11.3 Å². The molecule has 0 aliphatic carbocycles. The van der Waals surface area contributed by atoms with E-state index in [-0.39, 0.29) is 17.2 Å². The summed E-state index contributed by atoms with van der Waals surface area (Å²) >= 11 is 1.28. The standard InChI is InChI=1S/C21H22N2O4S2/c1-5-10-23-17-8-7-16(29(4,25)26)13-19(17)28-21(23)22-20(24)12-15-11-14(2)6-9-18(15)27-3/h5-9,11,13H,1,10,12H2,2-4H3. The first-order chi connectivity index (χ1) is 13.7. The molecule has 0 aliphatic heterocycles. The highest BCUT2D eigenvalue weighted by Crippen LogP contribution is 2.23. The number of aromatic nitrogens is 1. The van der Waals surface area contributed by atoms with Crippen molar-refractivity contribution in [2.24, 2.45) is 4.99 Å². The van der Waals surface area contributed by atoms with Crippen molar-refractivity contribution in [3.05, 3.63) is 65.0 Å². The minimum absolute atomic E-state index is 0.113. The largest absolute Gasteiger partial charge is 0.496 e. The number of hydrogen-bond acceptors (Lipinski definition) is 5. The number of carbonyl (C=O) groups is 1. The molecule has 0 fully saturated rings. The quantitative estimate of drug-likeness (QED) is 0.562. The summed E-state index contributed by atoms with van der Waals surface area (Å²) in [7, 11) is -1.75. The van der Waals surface area contributed by atoms with Gasteiger partial charge >= 0.3 is 0 Å². The van der Waals surface area contributed by atoms with Gasteiger partial charge in [0.05, 0.1) is 28.6 Å². The van der Waals surface area contributed by atoms with E-state index in [1.165, 1.54) is 17.6 Å². The molecule has 3 rings (SSSR count). The number of amides is 1. The maximum absolute atomic E-state index is 12.7. The number of methoxy groups -OCH3 is 1. The van der Waals surface area contributed by atoms with Gasteiger partial charge in [-0.3, -0.25) is 4.79 Å². The van der Waals surface area contributed by atoms with Crippen molar-refractivity contribution in [3.63, 3.8) is 0 Å². The number of aryl methyl sites for hydroxylation is 1.